The van der Waals surface area contributed by atoms with E-state index in [4.69, 9.17) is 4.74 Å². The van der Waals surface area contributed by atoms with Crippen molar-refractivity contribution in [2.45, 2.75) is 55.7 Å². The van der Waals surface area contributed by atoms with Gasteiger partial charge < -0.3 is 4.74 Å². The first-order valence-electron chi connectivity index (χ1n) is 8.62. The third kappa shape index (κ3) is 8.14. The number of rotatable bonds is 12. The van der Waals surface area contributed by atoms with E-state index >= 15 is 0 Å². The van der Waals surface area contributed by atoms with Crippen molar-refractivity contribution in [3.8, 4) is 0 Å². The van der Waals surface area contributed by atoms with Crippen molar-refractivity contribution < 1.29 is 14.5 Å². The first-order valence-corrected chi connectivity index (χ1v) is 10.8. The minimum atomic E-state index is -0.370. The molecule has 0 N–H and O–H groups in total. The number of thioether (sulfide) groups is 2. The van der Waals surface area contributed by atoms with Gasteiger partial charge in [-0.2, -0.15) is 0 Å². The molecular formula is C18H27NO4S2. The van der Waals surface area contributed by atoms with E-state index in [-0.39, 0.29) is 16.6 Å². The summed E-state index contributed by atoms with van der Waals surface area (Å²) < 4.78 is 5.36. The van der Waals surface area contributed by atoms with E-state index in [2.05, 4.69) is 13.8 Å². The molecule has 0 spiro atoms. The quantitative estimate of drug-likeness (QED) is 0.203. The van der Waals surface area contributed by atoms with Crippen molar-refractivity contribution in [3.63, 3.8) is 0 Å². The molecule has 0 aromatic heterocycles. The van der Waals surface area contributed by atoms with E-state index in [1.807, 2.05) is 12.3 Å². The van der Waals surface area contributed by atoms with Crippen molar-refractivity contribution in [1.29, 1.82) is 0 Å². The molecular weight excluding hydrogens is 358 g/mol. The number of ether oxygens (including phenoxy) is 1. The molecule has 25 heavy (non-hydrogen) atoms. The number of unbranched alkanes of at least 4 members (excludes halogenated alkanes) is 1. The Labute approximate surface area is 158 Å². The van der Waals surface area contributed by atoms with Crippen LogP contribution < -0.4 is 0 Å². The van der Waals surface area contributed by atoms with E-state index in [0.717, 1.165) is 30.6 Å². The summed E-state index contributed by atoms with van der Waals surface area (Å²) in [6.45, 7) is 4.77. The number of esters is 1. The van der Waals surface area contributed by atoms with Gasteiger partial charge in [0.1, 0.15) is 0 Å². The fourth-order valence-electron chi connectivity index (χ4n) is 2.34. The van der Waals surface area contributed by atoms with Gasteiger partial charge in [-0.1, -0.05) is 33.1 Å². The van der Waals surface area contributed by atoms with Crippen molar-refractivity contribution in [2.75, 3.05) is 18.6 Å². The molecule has 0 saturated carbocycles. The zero-order valence-corrected chi connectivity index (χ0v) is 16.8. The number of hydrogen-bond acceptors (Lipinski definition) is 6. The summed E-state index contributed by atoms with van der Waals surface area (Å²) in [5.41, 5.74) is 0.113. The maximum atomic E-state index is 11.9. The fourth-order valence-corrected chi connectivity index (χ4v) is 3.75. The normalized spacial score (nSPS) is 12.0. The summed E-state index contributed by atoms with van der Waals surface area (Å²) in [6, 6.07) is 5.18. The van der Waals surface area contributed by atoms with Crippen LogP contribution in [-0.4, -0.2) is 29.5 Å². The summed E-state index contributed by atoms with van der Waals surface area (Å²) in [5.74, 6) is 0.802. The van der Waals surface area contributed by atoms with Crippen LogP contribution in [0.3, 0.4) is 0 Å². The average molecular weight is 386 g/mol. The smallest absolute Gasteiger partial charge is 0.306 e. The highest BCUT2D eigenvalue weighted by Crippen LogP contribution is 2.32. The summed E-state index contributed by atoms with van der Waals surface area (Å²) in [5, 5.41) is 11.1. The molecule has 0 saturated heterocycles. The number of nitro benzene ring substituents is 1. The average Bonchev–Trinajstić information content (AvgIpc) is 2.61. The van der Waals surface area contributed by atoms with Crippen LogP contribution in [-0.2, 0) is 9.53 Å². The third-order valence-corrected chi connectivity index (χ3v) is 5.73. The van der Waals surface area contributed by atoms with E-state index < -0.39 is 0 Å². The number of benzene rings is 1. The second-order valence-corrected chi connectivity index (χ2v) is 7.81. The van der Waals surface area contributed by atoms with Crippen LogP contribution in [0.15, 0.2) is 28.0 Å². The molecule has 1 unspecified atom stereocenters. The summed E-state index contributed by atoms with van der Waals surface area (Å²) in [4.78, 5) is 24.0. The van der Waals surface area contributed by atoms with Crippen molar-refractivity contribution in [3.05, 3.63) is 28.3 Å². The van der Waals surface area contributed by atoms with Crippen LogP contribution in [0.1, 0.15) is 46.0 Å². The van der Waals surface area contributed by atoms with Gasteiger partial charge in [-0.3, -0.25) is 14.9 Å². The molecule has 0 fully saturated rings. The molecule has 1 rings (SSSR count). The summed E-state index contributed by atoms with van der Waals surface area (Å²) in [6.07, 6.45) is 6.56. The Morgan fingerprint density at radius 2 is 2.12 bits per heavy atom. The number of nitrogens with zero attached hydrogens (tertiary/aromatic N) is 1. The molecule has 0 amide bonds. The minimum absolute atomic E-state index is 0.113. The van der Waals surface area contributed by atoms with Gasteiger partial charge in [0.25, 0.3) is 5.69 Å². The first kappa shape index (κ1) is 21.8. The van der Waals surface area contributed by atoms with Gasteiger partial charge in [-0.15, -0.1) is 23.5 Å². The summed E-state index contributed by atoms with van der Waals surface area (Å²) >= 11 is 2.79. The van der Waals surface area contributed by atoms with Gasteiger partial charge >= 0.3 is 5.97 Å². The van der Waals surface area contributed by atoms with Gasteiger partial charge in [0.2, 0.25) is 0 Å². The Balaban J connectivity index is 2.40. The van der Waals surface area contributed by atoms with Crippen LogP contribution in [0.4, 0.5) is 5.69 Å². The molecule has 5 nitrogen and oxygen atoms in total. The van der Waals surface area contributed by atoms with Gasteiger partial charge in [0, 0.05) is 16.7 Å². The predicted octanol–water partition coefficient (Wildman–Crippen LogP) is 5.56. The van der Waals surface area contributed by atoms with Gasteiger partial charge in [0.15, 0.2) is 0 Å². The first-order chi connectivity index (χ1) is 12.0. The predicted molar refractivity (Wildman–Crippen MR) is 104 cm³/mol. The molecule has 0 bridgehead atoms. The zero-order chi connectivity index (χ0) is 18.7. The molecule has 1 atom stereocenters. The lowest BCUT2D eigenvalue weighted by atomic mass is 10.0. The third-order valence-electron chi connectivity index (χ3n) is 3.95. The maximum absolute atomic E-state index is 11.9. The second-order valence-electron chi connectivity index (χ2n) is 5.79. The largest absolute Gasteiger partial charge is 0.465 e. The lowest BCUT2D eigenvalue weighted by molar-refractivity contribution is -0.387. The molecule has 0 aliphatic carbocycles. The molecule has 0 radical (unpaired) electrons. The maximum Gasteiger partial charge on any atom is 0.306 e. The highest BCUT2D eigenvalue weighted by molar-refractivity contribution is 7.99. The fraction of sp³-hybridized carbons (Fsp3) is 0.611. The van der Waals surface area contributed by atoms with Crippen LogP contribution >= 0.6 is 23.5 Å². The highest BCUT2D eigenvalue weighted by atomic mass is 32.2. The Bertz CT molecular complexity index is 566. The molecule has 0 aliphatic rings. The Hall–Kier alpha value is -1.21. The molecule has 0 aliphatic heterocycles. The van der Waals surface area contributed by atoms with E-state index in [0.29, 0.717) is 29.6 Å². The van der Waals surface area contributed by atoms with Crippen molar-refractivity contribution >= 4 is 35.2 Å². The Kier molecular flexibility index (Phi) is 10.6. The number of nitro groups is 1. The van der Waals surface area contributed by atoms with Crippen LogP contribution in [0.25, 0.3) is 0 Å². The number of carbonyl (C=O) groups excluding carboxylic acids is 1. The standard InChI is InChI=1S/C18H27NO4S2/c1-4-6-7-14(5-2)13-23-18(20)10-11-25-15-8-9-17(24-3)16(12-15)19(21)22/h8-9,12,14H,4-7,10-11,13H2,1-3H3. The van der Waals surface area contributed by atoms with Gasteiger partial charge in [-0.05, 0) is 30.7 Å². The Morgan fingerprint density at radius 1 is 1.36 bits per heavy atom. The van der Waals surface area contributed by atoms with E-state index in [9.17, 15) is 14.9 Å². The lowest BCUT2D eigenvalue weighted by Gasteiger charge is -2.14. The minimum Gasteiger partial charge on any atom is -0.465 e. The number of hydrogen-bond donors (Lipinski definition) is 0. The summed E-state index contributed by atoms with van der Waals surface area (Å²) in [7, 11) is 0. The van der Waals surface area contributed by atoms with Crippen LogP contribution in [0.5, 0.6) is 0 Å². The molecule has 7 heteroatoms. The lowest BCUT2D eigenvalue weighted by Crippen LogP contribution is -2.14. The molecule has 0 heterocycles. The van der Waals surface area contributed by atoms with Crippen LogP contribution in [0, 0.1) is 16.0 Å². The van der Waals surface area contributed by atoms with Gasteiger partial charge in [-0.25, -0.2) is 0 Å². The monoisotopic (exact) mass is 385 g/mol. The van der Waals surface area contributed by atoms with Crippen molar-refractivity contribution in [1.82, 2.24) is 0 Å². The molecule has 1 aromatic carbocycles. The topological polar surface area (TPSA) is 69.4 Å². The Morgan fingerprint density at radius 3 is 2.72 bits per heavy atom. The zero-order valence-electron chi connectivity index (χ0n) is 15.2. The highest BCUT2D eigenvalue weighted by Gasteiger charge is 2.14. The van der Waals surface area contributed by atoms with E-state index in [1.54, 1.807) is 12.1 Å². The second kappa shape index (κ2) is 12.2. The number of carbonyl (C=O) groups is 1. The van der Waals surface area contributed by atoms with E-state index in [1.165, 1.54) is 23.5 Å². The van der Waals surface area contributed by atoms with Crippen LogP contribution in [0.2, 0.25) is 0 Å². The van der Waals surface area contributed by atoms with Gasteiger partial charge in [0.05, 0.1) is 22.8 Å². The van der Waals surface area contributed by atoms with Crippen molar-refractivity contribution in [2.24, 2.45) is 5.92 Å². The molecule has 1 aromatic rings. The molecule has 140 valence electrons. The SMILES string of the molecule is CCCCC(CC)COC(=O)CCSc1ccc(SC)c([N+](=O)[O-])c1.